The van der Waals surface area contributed by atoms with Gasteiger partial charge in [0, 0.05) is 19.0 Å². The second-order valence-electron chi connectivity index (χ2n) is 4.78. The van der Waals surface area contributed by atoms with Crippen LogP contribution >= 0.6 is 11.6 Å². The summed E-state index contributed by atoms with van der Waals surface area (Å²) in [4.78, 5) is 0. The molecule has 1 saturated heterocycles. The maximum absolute atomic E-state index is 12.6. The first-order valence-corrected chi connectivity index (χ1v) is 7.91. The topological polar surface area (TPSA) is 37.4 Å². The summed E-state index contributed by atoms with van der Waals surface area (Å²) in [5.41, 5.74) is 0. The molecule has 2 atom stereocenters. The molecule has 1 rings (SSSR count). The quantitative estimate of drug-likeness (QED) is 0.748. The Bertz CT molecular complexity index is 372. The Balaban J connectivity index is 2.72. The van der Waals surface area contributed by atoms with Crippen LogP contribution in [0.3, 0.4) is 0 Å². The van der Waals surface area contributed by atoms with Crippen LogP contribution in [0.15, 0.2) is 0 Å². The SMILES string of the molecule is CC(CCl)CS(=O)(=O)N1CCCC(C(F)(F)F)C1. The summed E-state index contributed by atoms with van der Waals surface area (Å²) in [5, 5.41) is 0. The van der Waals surface area contributed by atoms with Gasteiger partial charge in [0.15, 0.2) is 0 Å². The lowest BCUT2D eigenvalue weighted by Crippen LogP contribution is -2.46. The Morgan fingerprint density at radius 1 is 1.44 bits per heavy atom. The number of sulfonamides is 1. The standard InChI is InChI=1S/C10H17ClF3NO2S/c1-8(5-11)7-18(16,17)15-4-2-3-9(6-15)10(12,13)14/h8-9H,2-7H2,1H3. The predicted octanol–water partition coefficient (Wildman–Crippen LogP) is 2.47. The van der Waals surface area contributed by atoms with Crippen molar-refractivity contribution in [2.24, 2.45) is 11.8 Å². The van der Waals surface area contributed by atoms with Crippen LogP contribution in [-0.2, 0) is 10.0 Å². The van der Waals surface area contributed by atoms with Crippen molar-refractivity contribution in [3.63, 3.8) is 0 Å². The van der Waals surface area contributed by atoms with Gasteiger partial charge in [-0.2, -0.15) is 13.2 Å². The smallest absolute Gasteiger partial charge is 0.212 e. The van der Waals surface area contributed by atoms with E-state index >= 15 is 0 Å². The van der Waals surface area contributed by atoms with E-state index in [0.29, 0.717) is 0 Å². The minimum Gasteiger partial charge on any atom is -0.212 e. The maximum atomic E-state index is 12.6. The van der Waals surface area contributed by atoms with E-state index in [1.54, 1.807) is 6.92 Å². The molecule has 0 aliphatic carbocycles. The summed E-state index contributed by atoms with van der Waals surface area (Å²) in [6, 6.07) is 0. The molecule has 0 bridgehead atoms. The fourth-order valence-electron chi connectivity index (χ4n) is 1.97. The first-order chi connectivity index (χ1) is 8.16. The Kier molecular flexibility index (Phi) is 5.32. The molecule has 0 N–H and O–H groups in total. The molecule has 18 heavy (non-hydrogen) atoms. The van der Waals surface area contributed by atoms with Gasteiger partial charge in [-0.05, 0) is 18.8 Å². The van der Waals surface area contributed by atoms with Crippen LogP contribution < -0.4 is 0 Å². The van der Waals surface area contributed by atoms with Crippen LogP contribution in [0.1, 0.15) is 19.8 Å². The molecule has 108 valence electrons. The van der Waals surface area contributed by atoms with Crippen molar-refractivity contribution in [3.8, 4) is 0 Å². The third-order valence-corrected chi connectivity index (χ3v) is 5.63. The van der Waals surface area contributed by atoms with Crippen LogP contribution in [0.4, 0.5) is 13.2 Å². The van der Waals surface area contributed by atoms with Crippen molar-refractivity contribution in [2.45, 2.75) is 25.9 Å². The highest BCUT2D eigenvalue weighted by atomic mass is 35.5. The van der Waals surface area contributed by atoms with Crippen LogP contribution in [0, 0.1) is 11.8 Å². The first-order valence-electron chi connectivity index (χ1n) is 5.77. The maximum Gasteiger partial charge on any atom is 0.393 e. The zero-order valence-electron chi connectivity index (χ0n) is 10.1. The lowest BCUT2D eigenvalue weighted by Gasteiger charge is -2.33. The predicted molar refractivity (Wildman–Crippen MR) is 64.0 cm³/mol. The molecular weight excluding hydrogens is 291 g/mol. The largest absolute Gasteiger partial charge is 0.393 e. The molecule has 0 saturated carbocycles. The first kappa shape index (κ1) is 16.0. The van der Waals surface area contributed by atoms with E-state index < -0.39 is 28.7 Å². The van der Waals surface area contributed by atoms with Gasteiger partial charge in [0.25, 0.3) is 0 Å². The minimum absolute atomic E-state index is 0.000575. The van der Waals surface area contributed by atoms with Crippen molar-refractivity contribution in [2.75, 3.05) is 24.7 Å². The summed E-state index contributed by atoms with van der Waals surface area (Å²) in [5.74, 6) is -1.83. The molecule has 0 aromatic rings. The molecule has 1 aliphatic heterocycles. The molecule has 0 aromatic heterocycles. The van der Waals surface area contributed by atoms with Crippen molar-refractivity contribution < 1.29 is 21.6 Å². The van der Waals surface area contributed by atoms with Crippen molar-refractivity contribution in [3.05, 3.63) is 0 Å². The van der Waals surface area contributed by atoms with E-state index in [2.05, 4.69) is 0 Å². The third kappa shape index (κ3) is 4.28. The van der Waals surface area contributed by atoms with E-state index in [9.17, 15) is 21.6 Å². The molecule has 2 unspecified atom stereocenters. The molecule has 0 radical (unpaired) electrons. The Morgan fingerprint density at radius 2 is 2.06 bits per heavy atom. The summed E-state index contributed by atoms with van der Waals surface area (Å²) in [6.07, 6.45) is -4.08. The molecular formula is C10H17ClF3NO2S. The number of hydrogen-bond acceptors (Lipinski definition) is 2. The van der Waals surface area contributed by atoms with E-state index in [0.717, 1.165) is 4.31 Å². The number of alkyl halides is 4. The fraction of sp³-hybridized carbons (Fsp3) is 1.00. The third-order valence-electron chi connectivity index (χ3n) is 3.00. The number of nitrogens with zero attached hydrogens (tertiary/aromatic N) is 1. The highest BCUT2D eigenvalue weighted by molar-refractivity contribution is 7.89. The molecule has 0 aromatic carbocycles. The number of hydrogen-bond donors (Lipinski definition) is 0. The van der Waals surface area contributed by atoms with Crippen molar-refractivity contribution in [1.82, 2.24) is 4.31 Å². The van der Waals surface area contributed by atoms with Gasteiger partial charge in [-0.1, -0.05) is 6.92 Å². The zero-order valence-corrected chi connectivity index (χ0v) is 11.7. The van der Waals surface area contributed by atoms with Gasteiger partial charge in [0.05, 0.1) is 11.7 Å². The highest BCUT2D eigenvalue weighted by Crippen LogP contribution is 2.34. The van der Waals surface area contributed by atoms with Gasteiger partial charge in [0.2, 0.25) is 10.0 Å². The summed E-state index contributed by atoms with van der Waals surface area (Å²) >= 11 is 5.54. The molecule has 1 aliphatic rings. The van der Waals surface area contributed by atoms with E-state index in [1.165, 1.54) is 0 Å². The van der Waals surface area contributed by atoms with E-state index in [-0.39, 0.29) is 36.9 Å². The van der Waals surface area contributed by atoms with Gasteiger partial charge in [-0.25, -0.2) is 12.7 Å². The van der Waals surface area contributed by atoms with Crippen molar-refractivity contribution >= 4 is 21.6 Å². The second kappa shape index (κ2) is 5.96. The molecule has 3 nitrogen and oxygen atoms in total. The fourth-order valence-corrected chi connectivity index (χ4v) is 4.07. The monoisotopic (exact) mass is 307 g/mol. The number of piperidine rings is 1. The van der Waals surface area contributed by atoms with E-state index in [1.807, 2.05) is 0 Å². The molecule has 0 spiro atoms. The summed E-state index contributed by atoms with van der Waals surface area (Å²) in [7, 11) is -3.64. The Morgan fingerprint density at radius 3 is 2.56 bits per heavy atom. The molecule has 1 heterocycles. The second-order valence-corrected chi connectivity index (χ2v) is 7.10. The van der Waals surface area contributed by atoms with Gasteiger partial charge >= 0.3 is 6.18 Å². The number of halogens is 4. The van der Waals surface area contributed by atoms with Gasteiger partial charge < -0.3 is 0 Å². The van der Waals surface area contributed by atoms with Crippen LogP contribution in [-0.4, -0.2) is 43.6 Å². The lowest BCUT2D eigenvalue weighted by atomic mass is 9.99. The minimum atomic E-state index is -4.33. The van der Waals surface area contributed by atoms with E-state index in [4.69, 9.17) is 11.6 Å². The van der Waals surface area contributed by atoms with Crippen LogP contribution in [0.5, 0.6) is 0 Å². The van der Waals surface area contributed by atoms with Crippen LogP contribution in [0.25, 0.3) is 0 Å². The normalized spacial score (nSPS) is 25.1. The summed E-state index contributed by atoms with van der Waals surface area (Å²) in [6.45, 7) is 1.38. The van der Waals surface area contributed by atoms with Gasteiger partial charge in [-0.3, -0.25) is 0 Å². The Labute approximate surface area is 110 Å². The zero-order chi connectivity index (χ0) is 14.0. The van der Waals surface area contributed by atoms with Gasteiger partial charge in [-0.15, -0.1) is 11.6 Å². The average Bonchev–Trinajstić information content (AvgIpc) is 2.27. The molecule has 0 amide bonds. The average molecular weight is 308 g/mol. The van der Waals surface area contributed by atoms with Crippen molar-refractivity contribution in [1.29, 1.82) is 0 Å². The summed E-state index contributed by atoms with van der Waals surface area (Å²) < 4.78 is 62.6. The molecule has 8 heteroatoms. The van der Waals surface area contributed by atoms with Gasteiger partial charge in [0.1, 0.15) is 0 Å². The molecule has 1 fully saturated rings. The highest BCUT2D eigenvalue weighted by Gasteiger charge is 2.44. The van der Waals surface area contributed by atoms with Crippen LogP contribution in [0.2, 0.25) is 0 Å². The Hall–Kier alpha value is -0.0100. The lowest BCUT2D eigenvalue weighted by molar-refractivity contribution is -0.182. The number of rotatable bonds is 4.